The minimum atomic E-state index is -1.03. The van der Waals surface area contributed by atoms with Gasteiger partial charge in [-0.05, 0) is 40.2 Å². The summed E-state index contributed by atoms with van der Waals surface area (Å²) in [5, 5.41) is 12.8. The van der Waals surface area contributed by atoms with Crippen molar-refractivity contribution >= 4 is 24.2 Å². The van der Waals surface area contributed by atoms with Crippen LogP contribution in [0.3, 0.4) is 0 Å². The van der Waals surface area contributed by atoms with Crippen molar-refractivity contribution < 1.29 is 38.5 Å². The number of rotatable bonds is 10. The third kappa shape index (κ3) is 17.0. The summed E-state index contributed by atoms with van der Waals surface area (Å²) in [5.74, 6) is -0.437. The van der Waals surface area contributed by atoms with Gasteiger partial charge in [0.25, 0.3) is 0 Å². The number of alkyl carbamates (subject to hydrolysis) is 1. The van der Waals surface area contributed by atoms with Gasteiger partial charge in [-0.15, -0.1) is 0 Å². The molecule has 2 atom stereocenters. The highest BCUT2D eigenvalue weighted by atomic mass is 16.6. The fourth-order valence-electron chi connectivity index (χ4n) is 2.51. The number of benzene rings is 1. The Morgan fingerprint density at radius 1 is 1.06 bits per heavy atom. The number of nitrogens with zero attached hydrogens (tertiary/aromatic N) is 1. The fourth-order valence-corrected chi connectivity index (χ4v) is 2.51. The molecular weight excluding hydrogens is 472 g/mol. The van der Waals surface area contributed by atoms with Crippen molar-refractivity contribution in [2.75, 3.05) is 26.7 Å². The third-order valence-electron chi connectivity index (χ3n) is 4.27. The lowest BCUT2D eigenvalue weighted by molar-refractivity contribution is -0.140. The standard InChI is InChI=1S/C20H30N2O6.C4H10N2O2/c1-15(13-21-18(24)28-20(2,3)4)22(12-11-17(23)26-5)19(25)27-14-16-9-7-6-8-10-16;1-3(5)2-6-4(7)8/h6-10,15H,11-14H2,1-5H3,(H,21,24);3,6H,2,5H2,1H3,(H,7,8)/t15-;3-/m11/s1. The molecule has 12 heteroatoms. The van der Waals surface area contributed by atoms with E-state index in [-0.39, 0.29) is 32.2 Å². The molecule has 0 saturated carbocycles. The van der Waals surface area contributed by atoms with Crippen LogP contribution in [0, 0.1) is 0 Å². The van der Waals surface area contributed by atoms with Crippen LogP contribution >= 0.6 is 0 Å². The van der Waals surface area contributed by atoms with E-state index in [0.717, 1.165) is 5.56 Å². The average molecular weight is 513 g/mol. The fraction of sp³-hybridized carbons (Fsp3) is 0.583. The Balaban J connectivity index is 0.00000131. The molecule has 0 spiro atoms. The number of nitrogens with two attached hydrogens (primary N) is 1. The number of nitrogens with one attached hydrogen (secondary N) is 2. The van der Waals surface area contributed by atoms with Crippen molar-refractivity contribution in [1.29, 1.82) is 0 Å². The highest BCUT2D eigenvalue weighted by molar-refractivity contribution is 5.72. The number of hydrogen-bond donors (Lipinski definition) is 4. The summed E-state index contributed by atoms with van der Waals surface area (Å²) < 4.78 is 15.2. The number of methoxy groups -OCH3 is 1. The van der Waals surface area contributed by atoms with Gasteiger partial charge < -0.3 is 40.6 Å². The number of amides is 3. The second-order valence-corrected chi connectivity index (χ2v) is 8.95. The lowest BCUT2D eigenvalue weighted by atomic mass is 10.2. The van der Waals surface area contributed by atoms with Gasteiger partial charge >= 0.3 is 24.2 Å². The van der Waals surface area contributed by atoms with Gasteiger partial charge in [-0.25, -0.2) is 14.4 Å². The first kappa shape index (κ1) is 32.5. The first-order valence-corrected chi connectivity index (χ1v) is 11.5. The first-order valence-electron chi connectivity index (χ1n) is 11.5. The van der Waals surface area contributed by atoms with Crippen LogP contribution in [0.1, 0.15) is 46.6 Å². The Morgan fingerprint density at radius 2 is 1.67 bits per heavy atom. The molecule has 36 heavy (non-hydrogen) atoms. The number of hydrogen-bond acceptors (Lipinski definition) is 8. The van der Waals surface area contributed by atoms with Gasteiger partial charge in [0, 0.05) is 31.7 Å². The van der Waals surface area contributed by atoms with E-state index in [2.05, 4.69) is 15.4 Å². The second-order valence-electron chi connectivity index (χ2n) is 8.95. The van der Waals surface area contributed by atoms with Crippen molar-refractivity contribution in [3.05, 3.63) is 35.9 Å². The molecule has 1 aromatic rings. The van der Waals surface area contributed by atoms with Crippen LogP contribution in [0.15, 0.2) is 30.3 Å². The molecular formula is C24H40N4O8. The van der Waals surface area contributed by atoms with Crippen LogP contribution in [-0.2, 0) is 25.6 Å². The Labute approximate surface area is 212 Å². The van der Waals surface area contributed by atoms with E-state index < -0.39 is 35.9 Å². The van der Waals surface area contributed by atoms with Crippen molar-refractivity contribution in [1.82, 2.24) is 15.5 Å². The van der Waals surface area contributed by atoms with E-state index in [4.69, 9.17) is 20.3 Å². The summed E-state index contributed by atoms with van der Waals surface area (Å²) in [5.41, 5.74) is 5.45. The molecule has 0 bridgehead atoms. The molecule has 1 rings (SSSR count). The summed E-state index contributed by atoms with van der Waals surface area (Å²) in [4.78, 5) is 47.0. The molecule has 0 saturated heterocycles. The molecule has 0 aliphatic heterocycles. The Morgan fingerprint density at radius 3 is 2.14 bits per heavy atom. The Hall–Kier alpha value is -3.54. The van der Waals surface area contributed by atoms with Crippen LogP contribution in [0.4, 0.5) is 14.4 Å². The zero-order chi connectivity index (χ0) is 27.7. The molecule has 0 aromatic heterocycles. The van der Waals surface area contributed by atoms with Crippen molar-refractivity contribution in [3.8, 4) is 0 Å². The maximum absolute atomic E-state index is 12.5. The number of carbonyl (C=O) groups excluding carboxylic acids is 3. The molecule has 1 aromatic carbocycles. The maximum Gasteiger partial charge on any atom is 0.410 e. The normalized spacial score (nSPS) is 12.1. The van der Waals surface area contributed by atoms with Gasteiger partial charge in [0.1, 0.15) is 12.2 Å². The number of carbonyl (C=O) groups is 4. The van der Waals surface area contributed by atoms with Crippen molar-refractivity contribution in [2.45, 2.75) is 65.3 Å². The number of esters is 1. The monoisotopic (exact) mass is 512 g/mol. The molecule has 0 aliphatic rings. The molecule has 0 fully saturated rings. The quantitative estimate of drug-likeness (QED) is 0.272. The SMILES string of the molecule is COC(=O)CCN(C(=O)OCc1ccccc1)[C@H](C)CNC(=O)OC(C)(C)C.C[C@@H](N)CNC(=O)O. The topological polar surface area (TPSA) is 170 Å². The minimum absolute atomic E-state index is 0.0215. The summed E-state index contributed by atoms with van der Waals surface area (Å²) in [6.45, 7) is 9.46. The van der Waals surface area contributed by atoms with Crippen LogP contribution in [0.25, 0.3) is 0 Å². The molecule has 0 unspecified atom stereocenters. The van der Waals surface area contributed by atoms with E-state index in [0.29, 0.717) is 6.54 Å². The second kappa shape index (κ2) is 17.0. The summed E-state index contributed by atoms with van der Waals surface area (Å²) in [6.07, 6.45) is -2.16. The van der Waals surface area contributed by atoms with Gasteiger partial charge in [-0.1, -0.05) is 30.3 Å². The first-order chi connectivity index (χ1) is 16.7. The Bertz CT molecular complexity index is 812. The predicted octanol–water partition coefficient (Wildman–Crippen LogP) is 2.70. The van der Waals surface area contributed by atoms with Crippen LogP contribution in [-0.4, -0.2) is 78.7 Å². The highest BCUT2D eigenvalue weighted by Gasteiger charge is 2.24. The van der Waals surface area contributed by atoms with Gasteiger partial charge in [-0.3, -0.25) is 4.79 Å². The van der Waals surface area contributed by atoms with E-state index in [9.17, 15) is 19.2 Å². The summed E-state index contributed by atoms with van der Waals surface area (Å²) >= 11 is 0. The summed E-state index contributed by atoms with van der Waals surface area (Å²) in [7, 11) is 1.29. The molecule has 5 N–H and O–H groups in total. The van der Waals surface area contributed by atoms with E-state index in [1.54, 1.807) is 34.6 Å². The lowest BCUT2D eigenvalue weighted by Crippen LogP contribution is -2.47. The van der Waals surface area contributed by atoms with Crippen LogP contribution in [0.2, 0.25) is 0 Å². The van der Waals surface area contributed by atoms with E-state index in [1.807, 2.05) is 30.3 Å². The minimum Gasteiger partial charge on any atom is -0.469 e. The predicted molar refractivity (Wildman–Crippen MR) is 133 cm³/mol. The number of ether oxygens (including phenoxy) is 3. The van der Waals surface area contributed by atoms with Gasteiger partial charge in [-0.2, -0.15) is 0 Å². The third-order valence-corrected chi connectivity index (χ3v) is 4.27. The van der Waals surface area contributed by atoms with Crippen molar-refractivity contribution in [2.24, 2.45) is 5.73 Å². The lowest BCUT2D eigenvalue weighted by Gasteiger charge is -2.29. The summed E-state index contributed by atoms with van der Waals surface area (Å²) in [6, 6.07) is 8.75. The van der Waals surface area contributed by atoms with Crippen molar-refractivity contribution in [3.63, 3.8) is 0 Å². The van der Waals surface area contributed by atoms with Crippen LogP contribution in [0.5, 0.6) is 0 Å². The zero-order valence-corrected chi connectivity index (χ0v) is 21.9. The number of carboxylic acid groups (broad SMARTS) is 1. The average Bonchev–Trinajstić information content (AvgIpc) is 2.80. The van der Waals surface area contributed by atoms with Gasteiger partial charge in [0.15, 0.2) is 0 Å². The molecule has 12 nitrogen and oxygen atoms in total. The smallest absolute Gasteiger partial charge is 0.410 e. The van der Waals surface area contributed by atoms with E-state index >= 15 is 0 Å². The van der Waals surface area contributed by atoms with Gasteiger partial charge in [0.05, 0.1) is 13.5 Å². The molecule has 3 amide bonds. The van der Waals surface area contributed by atoms with Crippen LogP contribution < -0.4 is 16.4 Å². The maximum atomic E-state index is 12.5. The molecule has 204 valence electrons. The highest BCUT2D eigenvalue weighted by Crippen LogP contribution is 2.09. The molecule has 0 heterocycles. The molecule has 0 radical (unpaired) electrons. The largest absolute Gasteiger partial charge is 0.469 e. The Kier molecular flexibility index (Phi) is 15.3. The van der Waals surface area contributed by atoms with E-state index in [1.165, 1.54) is 12.0 Å². The zero-order valence-electron chi connectivity index (χ0n) is 21.9. The van der Waals surface area contributed by atoms with Gasteiger partial charge in [0.2, 0.25) is 0 Å². The molecule has 0 aliphatic carbocycles.